The first kappa shape index (κ1) is 19.8. The summed E-state index contributed by atoms with van der Waals surface area (Å²) in [7, 11) is 0. The van der Waals surface area contributed by atoms with Gasteiger partial charge in [0.15, 0.2) is 0 Å². The number of hydrogen-bond acceptors (Lipinski definition) is 5. The molecule has 0 bridgehead atoms. The Morgan fingerprint density at radius 1 is 1.03 bits per heavy atom. The van der Waals surface area contributed by atoms with Gasteiger partial charge in [0, 0.05) is 49.4 Å². The zero-order valence-electron chi connectivity index (χ0n) is 16.6. The first-order chi connectivity index (χ1) is 14.2. The van der Waals surface area contributed by atoms with E-state index < -0.39 is 0 Å². The van der Waals surface area contributed by atoms with Gasteiger partial charge in [0.1, 0.15) is 5.01 Å². The fourth-order valence-electron chi connectivity index (χ4n) is 3.56. The monoisotopic (exact) mass is 406 g/mol. The fraction of sp³-hybridized carbons (Fsp3) is 0.304. The van der Waals surface area contributed by atoms with Crippen molar-refractivity contribution in [3.63, 3.8) is 0 Å². The summed E-state index contributed by atoms with van der Waals surface area (Å²) in [5.41, 5.74) is 3.14. The third-order valence-corrected chi connectivity index (χ3v) is 6.27. The lowest BCUT2D eigenvalue weighted by Crippen LogP contribution is -2.52. The van der Waals surface area contributed by atoms with Gasteiger partial charge in [-0.05, 0) is 19.1 Å². The molecule has 1 amide bonds. The molecular weight excluding hydrogens is 380 g/mol. The quantitative estimate of drug-likeness (QED) is 0.673. The van der Waals surface area contributed by atoms with Gasteiger partial charge < -0.3 is 5.32 Å². The van der Waals surface area contributed by atoms with Crippen LogP contribution in [0.15, 0.2) is 66.0 Å². The summed E-state index contributed by atoms with van der Waals surface area (Å²) in [6.07, 6.45) is 0. The van der Waals surface area contributed by atoms with Crippen LogP contribution in [0.4, 0.5) is 5.69 Å². The van der Waals surface area contributed by atoms with Gasteiger partial charge in [-0.2, -0.15) is 0 Å². The number of aromatic nitrogens is 1. The van der Waals surface area contributed by atoms with Crippen LogP contribution in [0.1, 0.15) is 12.6 Å². The largest absolute Gasteiger partial charge is 0.325 e. The van der Waals surface area contributed by atoms with Crippen LogP contribution in [-0.2, 0) is 11.3 Å². The summed E-state index contributed by atoms with van der Waals surface area (Å²) in [4.78, 5) is 22.0. The van der Waals surface area contributed by atoms with Crippen LogP contribution in [-0.4, -0.2) is 52.9 Å². The number of anilines is 1. The lowest BCUT2D eigenvalue weighted by atomic mass is 10.2. The van der Waals surface area contributed by atoms with E-state index >= 15 is 0 Å². The van der Waals surface area contributed by atoms with Crippen LogP contribution in [0.5, 0.6) is 0 Å². The number of benzene rings is 2. The molecule has 4 rings (SSSR count). The number of nitrogens with one attached hydrogen (secondary N) is 1. The van der Waals surface area contributed by atoms with Crippen LogP contribution >= 0.6 is 11.3 Å². The van der Waals surface area contributed by atoms with Gasteiger partial charge in [-0.25, -0.2) is 4.98 Å². The Morgan fingerprint density at radius 2 is 1.69 bits per heavy atom. The molecule has 0 aliphatic carbocycles. The summed E-state index contributed by atoms with van der Waals surface area (Å²) >= 11 is 1.70. The summed E-state index contributed by atoms with van der Waals surface area (Å²) in [6, 6.07) is 19.8. The highest BCUT2D eigenvalue weighted by molar-refractivity contribution is 7.13. The lowest BCUT2D eigenvalue weighted by Gasteiger charge is -2.37. The predicted octanol–water partition coefficient (Wildman–Crippen LogP) is 3.95. The van der Waals surface area contributed by atoms with Crippen molar-refractivity contribution >= 4 is 22.9 Å². The molecule has 6 heteroatoms. The SMILES string of the molecule is C[C@H](C(=O)Nc1ccccc1)N1CCN(Cc2csc(-c3ccccc3)n2)CC1. The molecule has 2 aromatic carbocycles. The van der Waals surface area contributed by atoms with Gasteiger partial charge in [-0.3, -0.25) is 14.6 Å². The van der Waals surface area contributed by atoms with Crippen LogP contribution in [0.25, 0.3) is 10.6 Å². The average molecular weight is 407 g/mol. The van der Waals surface area contributed by atoms with Crippen molar-refractivity contribution in [2.45, 2.75) is 19.5 Å². The Balaban J connectivity index is 1.27. The Hall–Kier alpha value is -2.54. The van der Waals surface area contributed by atoms with Crippen LogP contribution < -0.4 is 5.32 Å². The van der Waals surface area contributed by atoms with E-state index in [1.54, 1.807) is 11.3 Å². The van der Waals surface area contributed by atoms with Crippen molar-refractivity contribution in [3.8, 4) is 10.6 Å². The van der Waals surface area contributed by atoms with Gasteiger partial charge in [0.05, 0.1) is 11.7 Å². The Morgan fingerprint density at radius 3 is 2.38 bits per heavy atom. The van der Waals surface area contributed by atoms with Crippen LogP contribution in [0.3, 0.4) is 0 Å². The van der Waals surface area contributed by atoms with E-state index in [1.165, 1.54) is 5.56 Å². The van der Waals surface area contributed by atoms with Gasteiger partial charge in [0.2, 0.25) is 5.91 Å². The number of nitrogens with zero attached hydrogens (tertiary/aromatic N) is 3. The summed E-state index contributed by atoms with van der Waals surface area (Å²) in [5.74, 6) is 0.0525. The number of para-hydroxylation sites is 1. The first-order valence-electron chi connectivity index (χ1n) is 10.0. The van der Waals surface area contributed by atoms with E-state index in [1.807, 2.05) is 55.5 Å². The molecule has 3 aromatic rings. The highest BCUT2D eigenvalue weighted by atomic mass is 32.1. The van der Waals surface area contributed by atoms with E-state index in [0.29, 0.717) is 0 Å². The molecule has 1 N–H and O–H groups in total. The lowest BCUT2D eigenvalue weighted by molar-refractivity contribution is -0.121. The van der Waals surface area contributed by atoms with E-state index in [2.05, 4.69) is 32.6 Å². The predicted molar refractivity (Wildman–Crippen MR) is 119 cm³/mol. The second-order valence-corrected chi connectivity index (χ2v) is 8.21. The van der Waals surface area contributed by atoms with Gasteiger partial charge in [-0.15, -0.1) is 11.3 Å². The average Bonchev–Trinajstić information content (AvgIpc) is 3.23. The van der Waals surface area contributed by atoms with Crippen molar-refractivity contribution in [1.29, 1.82) is 0 Å². The Labute approximate surface area is 176 Å². The van der Waals surface area contributed by atoms with Crippen molar-refractivity contribution < 1.29 is 4.79 Å². The second kappa shape index (κ2) is 9.31. The van der Waals surface area contributed by atoms with E-state index in [9.17, 15) is 4.79 Å². The normalized spacial score (nSPS) is 16.4. The smallest absolute Gasteiger partial charge is 0.241 e. The number of carbonyl (C=O) groups excluding carboxylic acids is 1. The highest BCUT2D eigenvalue weighted by Gasteiger charge is 2.26. The molecule has 1 fully saturated rings. The molecule has 5 nitrogen and oxygen atoms in total. The third kappa shape index (κ3) is 5.09. The molecule has 0 unspecified atom stereocenters. The first-order valence-corrected chi connectivity index (χ1v) is 10.9. The van der Waals surface area contributed by atoms with E-state index in [4.69, 9.17) is 4.98 Å². The minimum Gasteiger partial charge on any atom is -0.325 e. The zero-order valence-corrected chi connectivity index (χ0v) is 17.4. The summed E-state index contributed by atoms with van der Waals surface area (Å²) in [5, 5.41) is 6.24. The van der Waals surface area contributed by atoms with E-state index in [-0.39, 0.29) is 11.9 Å². The molecule has 2 heterocycles. The summed E-state index contributed by atoms with van der Waals surface area (Å²) in [6.45, 7) is 6.52. The molecule has 0 spiro atoms. The minimum absolute atomic E-state index is 0.0525. The molecular formula is C23H26N4OS. The maximum Gasteiger partial charge on any atom is 0.241 e. The van der Waals surface area contributed by atoms with Gasteiger partial charge >= 0.3 is 0 Å². The van der Waals surface area contributed by atoms with Crippen LogP contribution in [0.2, 0.25) is 0 Å². The molecule has 0 radical (unpaired) electrons. The van der Waals surface area contributed by atoms with Crippen LogP contribution in [0, 0.1) is 0 Å². The number of thiazole rings is 1. The molecule has 1 saturated heterocycles. The minimum atomic E-state index is -0.138. The number of amides is 1. The zero-order chi connectivity index (χ0) is 20.1. The standard InChI is InChI=1S/C23H26N4OS/c1-18(22(28)24-20-10-6-3-7-11-20)27-14-12-26(13-15-27)16-21-17-29-23(25-21)19-8-4-2-5-9-19/h2-11,17-18H,12-16H2,1H3,(H,24,28)/t18-/m1/s1. The van der Waals surface area contributed by atoms with Crippen molar-refractivity contribution in [2.75, 3.05) is 31.5 Å². The molecule has 0 saturated carbocycles. The van der Waals surface area contributed by atoms with Gasteiger partial charge in [0.25, 0.3) is 0 Å². The maximum atomic E-state index is 12.5. The number of hydrogen-bond donors (Lipinski definition) is 1. The molecule has 29 heavy (non-hydrogen) atoms. The van der Waals surface area contributed by atoms with E-state index in [0.717, 1.165) is 49.1 Å². The second-order valence-electron chi connectivity index (χ2n) is 7.35. The van der Waals surface area contributed by atoms with Crippen molar-refractivity contribution in [2.24, 2.45) is 0 Å². The Kier molecular flexibility index (Phi) is 6.34. The van der Waals surface area contributed by atoms with Gasteiger partial charge in [-0.1, -0.05) is 48.5 Å². The van der Waals surface area contributed by atoms with Crippen molar-refractivity contribution in [3.05, 3.63) is 71.7 Å². The molecule has 1 aromatic heterocycles. The maximum absolute atomic E-state index is 12.5. The van der Waals surface area contributed by atoms with Crippen molar-refractivity contribution in [1.82, 2.24) is 14.8 Å². The number of piperazine rings is 1. The summed E-state index contributed by atoms with van der Waals surface area (Å²) < 4.78 is 0. The molecule has 1 aliphatic heterocycles. The highest BCUT2D eigenvalue weighted by Crippen LogP contribution is 2.24. The molecule has 150 valence electrons. The third-order valence-electron chi connectivity index (χ3n) is 5.33. The molecule has 1 aliphatic rings. The topological polar surface area (TPSA) is 48.5 Å². The fourth-order valence-corrected chi connectivity index (χ4v) is 4.38. The molecule has 1 atom stereocenters. The Bertz CT molecular complexity index is 920. The number of carbonyl (C=O) groups is 1. The number of rotatable bonds is 6.